The first-order valence-corrected chi connectivity index (χ1v) is 15.4. The number of aryl methyl sites for hydroxylation is 1. The molecular weight excluding hydrogens is 522 g/mol. The van der Waals surface area contributed by atoms with Gasteiger partial charge < -0.3 is 0 Å². The second kappa shape index (κ2) is 13.3. The largest absolute Gasteiger partial charge is 0.296 e. The maximum Gasteiger partial charge on any atom is 0.264 e. The van der Waals surface area contributed by atoms with Crippen molar-refractivity contribution >= 4 is 26.6 Å². The summed E-state index contributed by atoms with van der Waals surface area (Å²) in [5.41, 5.74) is 4.02. The summed E-state index contributed by atoms with van der Waals surface area (Å²) < 4.78 is 29.0. The molecule has 1 saturated carbocycles. The predicted molar refractivity (Wildman–Crippen MR) is 160 cm³/mol. The van der Waals surface area contributed by atoms with Gasteiger partial charge in [-0.2, -0.15) is 5.06 Å². The Morgan fingerprint density at radius 1 is 0.900 bits per heavy atom. The van der Waals surface area contributed by atoms with Gasteiger partial charge >= 0.3 is 0 Å². The molecule has 1 N–H and O–H groups in total. The normalized spacial score (nSPS) is 16.1. The minimum Gasteiger partial charge on any atom is -0.296 e. The average molecular weight is 562 g/mol. The zero-order valence-electron chi connectivity index (χ0n) is 23.0. The number of sulfonamides is 1. The molecule has 2 aromatic carbocycles. The van der Waals surface area contributed by atoms with Crippen LogP contribution in [-0.2, 0) is 28.0 Å². The minimum absolute atomic E-state index is 0. The first-order valence-electron chi connectivity index (χ1n) is 13.9. The molecule has 40 heavy (non-hydrogen) atoms. The average Bonchev–Trinajstić information content (AvgIpc) is 2.93. The van der Waals surface area contributed by atoms with Crippen LogP contribution in [0, 0.1) is 6.92 Å². The van der Waals surface area contributed by atoms with Crippen LogP contribution >= 0.6 is 0 Å². The van der Waals surface area contributed by atoms with Crippen molar-refractivity contribution in [2.24, 2.45) is 0 Å². The van der Waals surface area contributed by atoms with Gasteiger partial charge in [-0.3, -0.25) is 24.4 Å². The molecule has 212 valence electrons. The summed E-state index contributed by atoms with van der Waals surface area (Å²) in [6.07, 6.45) is 11.3. The van der Waals surface area contributed by atoms with Gasteiger partial charge in [0, 0.05) is 58.1 Å². The second-order valence-electron chi connectivity index (χ2n) is 10.3. The van der Waals surface area contributed by atoms with Gasteiger partial charge in [-0.25, -0.2) is 8.42 Å². The van der Waals surface area contributed by atoms with E-state index in [0.29, 0.717) is 17.8 Å². The van der Waals surface area contributed by atoms with Crippen LogP contribution < -0.4 is 4.72 Å². The number of pyridine rings is 2. The van der Waals surface area contributed by atoms with Crippen molar-refractivity contribution in [2.45, 2.75) is 50.7 Å². The molecule has 1 saturated heterocycles. The highest BCUT2D eigenvalue weighted by atomic mass is 32.2. The van der Waals surface area contributed by atoms with E-state index < -0.39 is 10.0 Å². The zero-order valence-corrected chi connectivity index (χ0v) is 23.8. The number of hydrogen-bond donors (Lipinski definition) is 1. The summed E-state index contributed by atoms with van der Waals surface area (Å²) in [6.45, 7) is 6.73. The number of fused-ring (bicyclic) bond motifs is 1. The number of hydrogen-bond acceptors (Lipinski definition) is 7. The van der Waals surface area contributed by atoms with E-state index in [1.165, 1.54) is 31.2 Å². The van der Waals surface area contributed by atoms with Gasteiger partial charge in [0.2, 0.25) is 0 Å². The van der Waals surface area contributed by atoms with Crippen molar-refractivity contribution in [3.8, 4) is 0 Å². The molecule has 0 unspecified atom stereocenters. The molecule has 0 atom stereocenters. The highest BCUT2D eigenvalue weighted by Crippen LogP contribution is 2.25. The number of nitrogens with one attached hydrogen (secondary N) is 1. The van der Waals surface area contributed by atoms with E-state index in [0.717, 1.165) is 49.2 Å². The van der Waals surface area contributed by atoms with E-state index in [9.17, 15) is 8.42 Å². The molecule has 8 nitrogen and oxygen atoms in total. The fourth-order valence-electron chi connectivity index (χ4n) is 4.61. The monoisotopic (exact) mass is 561 g/mol. The van der Waals surface area contributed by atoms with Crippen molar-refractivity contribution < 1.29 is 14.7 Å². The number of nitrogens with zero attached hydrogens (tertiary/aromatic N) is 4. The topological polar surface area (TPSA) is 87.7 Å². The molecule has 0 spiro atoms. The molecule has 2 fully saturated rings. The van der Waals surface area contributed by atoms with Crippen LogP contribution in [-0.4, -0.2) is 54.5 Å². The Balaban J connectivity index is 0.000000714. The first-order chi connectivity index (χ1) is 19.5. The van der Waals surface area contributed by atoms with E-state index in [1.54, 1.807) is 36.7 Å². The Bertz CT molecular complexity index is 1500. The van der Waals surface area contributed by atoms with Crippen molar-refractivity contribution in [3.63, 3.8) is 0 Å². The molecule has 4 aromatic rings. The van der Waals surface area contributed by atoms with Gasteiger partial charge in [0.15, 0.2) is 0 Å². The molecular formula is C31H39N5O3S. The van der Waals surface area contributed by atoms with E-state index in [2.05, 4.69) is 25.7 Å². The van der Waals surface area contributed by atoms with Crippen LogP contribution in [0.25, 0.3) is 10.9 Å². The Morgan fingerprint density at radius 2 is 1.65 bits per heavy atom. The number of para-hydroxylation sites is 1. The highest BCUT2D eigenvalue weighted by molar-refractivity contribution is 7.93. The van der Waals surface area contributed by atoms with Gasteiger partial charge in [0.25, 0.3) is 10.0 Å². The molecule has 2 aromatic heterocycles. The lowest BCUT2D eigenvalue weighted by atomic mass is 10.0. The van der Waals surface area contributed by atoms with Crippen LogP contribution in [0.4, 0.5) is 5.69 Å². The molecule has 9 heteroatoms. The summed E-state index contributed by atoms with van der Waals surface area (Å²) in [4.78, 5) is 17.0. The molecule has 0 radical (unpaired) electrons. The predicted octanol–water partition coefficient (Wildman–Crippen LogP) is 5.79. The van der Waals surface area contributed by atoms with Gasteiger partial charge in [0.05, 0.1) is 17.8 Å². The number of anilines is 1. The molecule has 1 aliphatic heterocycles. The Labute approximate surface area is 238 Å². The molecule has 0 amide bonds. The van der Waals surface area contributed by atoms with Crippen LogP contribution in [0.15, 0.2) is 84.1 Å². The molecule has 2 aliphatic rings. The summed E-state index contributed by atoms with van der Waals surface area (Å²) in [5, 5.41) is 2.78. The second-order valence-corrected chi connectivity index (χ2v) is 12.0. The third-order valence-electron chi connectivity index (χ3n) is 7.29. The van der Waals surface area contributed by atoms with Gasteiger partial charge in [0.1, 0.15) is 4.90 Å². The fraction of sp³-hybridized carbons (Fsp3) is 0.355. The van der Waals surface area contributed by atoms with Gasteiger partial charge in [-0.05, 0) is 47.9 Å². The van der Waals surface area contributed by atoms with E-state index in [4.69, 9.17) is 4.84 Å². The summed E-state index contributed by atoms with van der Waals surface area (Å²) in [7, 11) is -3.79. The maximum atomic E-state index is 13.1. The van der Waals surface area contributed by atoms with Crippen molar-refractivity contribution in [1.82, 2.24) is 19.9 Å². The number of piperazine rings is 1. The lowest BCUT2D eigenvalue weighted by Gasteiger charge is -2.33. The van der Waals surface area contributed by atoms with Crippen molar-refractivity contribution in [3.05, 3.63) is 95.9 Å². The number of rotatable bonds is 8. The Hall–Kier alpha value is -3.37. The number of benzene rings is 2. The Morgan fingerprint density at radius 3 is 2.35 bits per heavy atom. The van der Waals surface area contributed by atoms with Gasteiger partial charge in [-0.15, -0.1) is 0 Å². The lowest BCUT2D eigenvalue weighted by molar-refractivity contribution is -0.186. The zero-order chi connectivity index (χ0) is 27.8. The molecule has 1 aliphatic carbocycles. The highest BCUT2D eigenvalue weighted by Gasteiger charge is 2.20. The van der Waals surface area contributed by atoms with Crippen LogP contribution in [0.1, 0.15) is 43.8 Å². The van der Waals surface area contributed by atoms with Crippen LogP contribution in [0.3, 0.4) is 0 Å². The molecule has 3 heterocycles. The van der Waals surface area contributed by atoms with Crippen LogP contribution in [0.2, 0.25) is 0 Å². The molecule has 6 rings (SSSR count). The number of hydroxylamine groups is 2. The van der Waals surface area contributed by atoms with E-state index in [1.807, 2.05) is 48.5 Å². The Kier molecular flexibility index (Phi) is 9.38. The van der Waals surface area contributed by atoms with Crippen molar-refractivity contribution in [1.29, 1.82) is 0 Å². The number of aromatic nitrogens is 2. The fourth-order valence-corrected chi connectivity index (χ4v) is 5.92. The van der Waals surface area contributed by atoms with Gasteiger partial charge in [-0.1, -0.05) is 62.1 Å². The summed E-state index contributed by atoms with van der Waals surface area (Å²) >= 11 is 0. The molecule has 0 bridgehead atoms. The standard InChI is InChI=1S/C27H29N5O3S.C4H8.H2/c1-21-17-22(20-35-32-15-13-31(14-16-32)19-23-5-3-11-28-18-23)9-10-25(21)30-36(33,34)26-8-2-6-24-7-4-12-29-27(24)26;1-2-4-3-1;/h2-12,17-18,30H,13-16,19-20H2,1H3;1-4H2;1H. The summed E-state index contributed by atoms with van der Waals surface area (Å²) in [5.74, 6) is 0. The van der Waals surface area contributed by atoms with E-state index >= 15 is 0 Å². The summed E-state index contributed by atoms with van der Waals surface area (Å²) in [6, 6.07) is 18.5. The third kappa shape index (κ3) is 7.42. The SMILES string of the molecule is C1CCC1.Cc1cc(CON2CCN(Cc3cccnc3)CC2)ccc1NS(=O)(=O)c1cccc2cccnc12.[HH]. The first kappa shape index (κ1) is 28.2. The maximum absolute atomic E-state index is 13.1. The smallest absolute Gasteiger partial charge is 0.264 e. The third-order valence-corrected chi connectivity index (χ3v) is 8.69. The lowest BCUT2D eigenvalue weighted by Crippen LogP contribution is -2.45. The van der Waals surface area contributed by atoms with Crippen molar-refractivity contribution in [2.75, 3.05) is 30.9 Å². The minimum atomic E-state index is -3.79. The van der Waals surface area contributed by atoms with Crippen LogP contribution in [0.5, 0.6) is 0 Å². The van der Waals surface area contributed by atoms with E-state index in [-0.39, 0.29) is 6.32 Å². The quantitative estimate of drug-likeness (QED) is 0.291.